The Bertz CT molecular complexity index is 1300. The third-order valence-corrected chi connectivity index (χ3v) is 8.34. The Morgan fingerprint density at radius 2 is 1.93 bits per heavy atom. The van der Waals surface area contributed by atoms with E-state index >= 15 is 0 Å². The zero-order valence-electron chi connectivity index (χ0n) is 23.6. The van der Waals surface area contributed by atoms with Crippen molar-refractivity contribution >= 4 is 22.6 Å². The van der Waals surface area contributed by atoms with Gasteiger partial charge in [0.05, 0.1) is 30.0 Å². The smallest absolute Gasteiger partial charge is 0.407 e. The molecule has 0 spiro atoms. The number of allylic oxidation sites excluding steroid dienone is 4. The van der Waals surface area contributed by atoms with E-state index in [1.165, 1.54) is 12.8 Å². The monoisotopic (exact) mass is 543 g/mol. The van der Waals surface area contributed by atoms with Crippen molar-refractivity contribution in [2.75, 3.05) is 13.2 Å². The van der Waals surface area contributed by atoms with Crippen LogP contribution in [0.15, 0.2) is 49.1 Å². The van der Waals surface area contributed by atoms with Gasteiger partial charge in [-0.15, -0.1) is 0 Å². The number of carbonyl (C=O) groups is 1. The SMILES string of the molecule is C=C/C=C(\C=C/C(C)OC(=O)NC1CCCCC1)c1c(C#N)c2ccc(OC3CCOCC3)cc2n1C1CCC1. The lowest BCUT2D eigenvalue weighted by Gasteiger charge is -2.30. The van der Waals surface area contributed by atoms with Crippen LogP contribution in [0.1, 0.15) is 88.4 Å². The van der Waals surface area contributed by atoms with Crippen LogP contribution < -0.4 is 10.1 Å². The van der Waals surface area contributed by atoms with E-state index in [0.29, 0.717) is 11.6 Å². The lowest BCUT2D eigenvalue weighted by atomic mass is 9.92. The van der Waals surface area contributed by atoms with Crippen molar-refractivity contribution in [3.63, 3.8) is 0 Å². The minimum Gasteiger partial charge on any atom is -0.490 e. The number of nitrogens with one attached hydrogen (secondary N) is 1. The summed E-state index contributed by atoms with van der Waals surface area (Å²) in [5.41, 5.74) is 3.39. The fourth-order valence-electron chi connectivity index (χ4n) is 6.01. The number of carbonyl (C=O) groups excluding carboxylic acids is 1. The van der Waals surface area contributed by atoms with E-state index in [0.717, 1.165) is 92.5 Å². The zero-order chi connectivity index (χ0) is 27.9. The first-order valence-corrected chi connectivity index (χ1v) is 14.9. The van der Waals surface area contributed by atoms with Gasteiger partial charge < -0.3 is 24.1 Å². The predicted molar refractivity (Wildman–Crippen MR) is 157 cm³/mol. The molecule has 1 aromatic heterocycles. The van der Waals surface area contributed by atoms with Crippen LogP contribution in [0.25, 0.3) is 16.5 Å². The maximum Gasteiger partial charge on any atom is 0.407 e. The van der Waals surface area contributed by atoms with Gasteiger partial charge in [-0.2, -0.15) is 5.26 Å². The van der Waals surface area contributed by atoms with Gasteiger partial charge in [0, 0.05) is 36.4 Å². The number of hydrogen-bond acceptors (Lipinski definition) is 5. The molecular formula is C33H41N3O4. The van der Waals surface area contributed by atoms with Crippen LogP contribution in [0, 0.1) is 11.3 Å². The molecule has 1 N–H and O–H groups in total. The number of nitrogens with zero attached hydrogens (tertiary/aromatic N) is 2. The number of aromatic nitrogens is 1. The molecule has 0 bridgehead atoms. The number of hydrogen-bond donors (Lipinski definition) is 1. The molecule has 3 fully saturated rings. The largest absolute Gasteiger partial charge is 0.490 e. The molecule has 1 aliphatic heterocycles. The molecule has 5 rings (SSSR count). The fourth-order valence-corrected chi connectivity index (χ4v) is 6.01. The number of alkyl carbamates (subject to hydrolysis) is 1. The van der Waals surface area contributed by atoms with E-state index in [1.54, 1.807) is 6.08 Å². The van der Waals surface area contributed by atoms with Gasteiger partial charge in [-0.25, -0.2) is 4.79 Å². The molecule has 7 nitrogen and oxygen atoms in total. The number of rotatable bonds is 9. The van der Waals surface area contributed by atoms with E-state index < -0.39 is 6.10 Å². The van der Waals surface area contributed by atoms with Gasteiger partial charge in [0.1, 0.15) is 24.0 Å². The fraction of sp³-hybridized carbons (Fsp3) is 0.515. The Morgan fingerprint density at radius 3 is 2.60 bits per heavy atom. The number of nitriles is 1. The van der Waals surface area contributed by atoms with Crippen molar-refractivity contribution in [2.24, 2.45) is 0 Å². The summed E-state index contributed by atoms with van der Waals surface area (Å²) in [7, 11) is 0. The van der Waals surface area contributed by atoms with Crippen molar-refractivity contribution in [3.05, 3.63) is 60.3 Å². The summed E-state index contributed by atoms with van der Waals surface area (Å²) in [6, 6.07) is 9.07. The Labute approximate surface area is 237 Å². The summed E-state index contributed by atoms with van der Waals surface area (Å²) in [5, 5.41) is 14.3. The van der Waals surface area contributed by atoms with E-state index in [9.17, 15) is 10.1 Å². The Kier molecular flexibility index (Phi) is 9.28. The van der Waals surface area contributed by atoms with Gasteiger partial charge in [0.25, 0.3) is 0 Å². The van der Waals surface area contributed by atoms with Crippen LogP contribution in [-0.2, 0) is 9.47 Å². The summed E-state index contributed by atoms with van der Waals surface area (Å²) in [6.07, 6.45) is 17.4. The molecule has 1 atom stereocenters. The average Bonchev–Trinajstić information content (AvgIpc) is 3.24. The van der Waals surface area contributed by atoms with Crippen molar-refractivity contribution in [1.82, 2.24) is 9.88 Å². The lowest BCUT2D eigenvalue weighted by Crippen LogP contribution is -2.37. The molecule has 0 radical (unpaired) electrons. The zero-order valence-corrected chi connectivity index (χ0v) is 23.6. The minimum absolute atomic E-state index is 0.143. The van der Waals surface area contributed by atoms with Crippen LogP contribution in [-0.4, -0.2) is 42.1 Å². The second kappa shape index (κ2) is 13.2. The highest BCUT2D eigenvalue weighted by Gasteiger charge is 2.29. The molecule has 2 aliphatic carbocycles. The molecule has 40 heavy (non-hydrogen) atoms. The van der Waals surface area contributed by atoms with Crippen LogP contribution >= 0.6 is 0 Å². The first-order chi connectivity index (χ1) is 19.6. The van der Waals surface area contributed by atoms with Crippen molar-refractivity contribution < 1.29 is 19.0 Å². The highest BCUT2D eigenvalue weighted by Crippen LogP contribution is 2.42. The second-order valence-electron chi connectivity index (χ2n) is 11.2. The maximum atomic E-state index is 12.5. The third-order valence-electron chi connectivity index (χ3n) is 8.34. The normalized spacial score (nSPS) is 20.1. The molecule has 7 heteroatoms. The molecule has 2 heterocycles. The minimum atomic E-state index is -0.427. The standard InChI is InChI=1S/C33H41N3O4/c1-3-8-24(14-13-23(2)39-33(37)35-25-9-5-4-6-10-25)32-30(22-34)29-16-15-28(40-27-17-19-38-20-18-27)21-31(29)36(32)26-11-7-12-26/h3,8,13-16,21,23,25-27H,1,4-7,9-12,17-20H2,2H3,(H,35,37)/b14-13-,24-8+. The summed E-state index contributed by atoms with van der Waals surface area (Å²) in [4.78, 5) is 12.5. The summed E-state index contributed by atoms with van der Waals surface area (Å²) in [6.45, 7) is 7.24. The highest BCUT2D eigenvalue weighted by atomic mass is 16.6. The van der Waals surface area contributed by atoms with Gasteiger partial charge in [-0.05, 0) is 62.8 Å². The second-order valence-corrected chi connectivity index (χ2v) is 11.2. The van der Waals surface area contributed by atoms with Gasteiger partial charge >= 0.3 is 6.09 Å². The number of fused-ring (bicyclic) bond motifs is 1. The molecule has 1 aromatic carbocycles. The molecule has 212 valence electrons. The topological polar surface area (TPSA) is 85.5 Å². The van der Waals surface area contributed by atoms with Crippen molar-refractivity contribution in [3.8, 4) is 11.8 Å². The quantitative estimate of drug-likeness (QED) is 0.334. The van der Waals surface area contributed by atoms with Crippen molar-refractivity contribution in [1.29, 1.82) is 5.26 Å². The molecule has 1 saturated heterocycles. The Morgan fingerprint density at radius 1 is 1.15 bits per heavy atom. The van der Waals surface area contributed by atoms with Gasteiger partial charge in [0.2, 0.25) is 0 Å². The van der Waals surface area contributed by atoms with Crippen LogP contribution in [0.5, 0.6) is 5.75 Å². The predicted octanol–water partition coefficient (Wildman–Crippen LogP) is 7.37. The summed E-state index contributed by atoms with van der Waals surface area (Å²) >= 11 is 0. The lowest BCUT2D eigenvalue weighted by molar-refractivity contribution is 0.0256. The van der Waals surface area contributed by atoms with E-state index in [4.69, 9.17) is 14.2 Å². The Balaban J connectivity index is 1.42. The molecule has 3 aliphatic rings. The third kappa shape index (κ3) is 6.45. The average molecular weight is 544 g/mol. The molecule has 1 amide bonds. The van der Waals surface area contributed by atoms with Crippen LogP contribution in [0.4, 0.5) is 4.79 Å². The first kappa shape index (κ1) is 28.0. The highest BCUT2D eigenvalue weighted by molar-refractivity contribution is 5.95. The maximum absolute atomic E-state index is 12.5. The van der Waals surface area contributed by atoms with E-state index in [-0.39, 0.29) is 18.2 Å². The summed E-state index contributed by atoms with van der Waals surface area (Å²) in [5.74, 6) is 0.823. The Hall–Kier alpha value is -3.50. The van der Waals surface area contributed by atoms with Gasteiger partial charge in [-0.3, -0.25) is 0 Å². The molecule has 2 saturated carbocycles. The number of amides is 1. The number of ether oxygens (including phenoxy) is 3. The molecular weight excluding hydrogens is 502 g/mol. The van der Waals surface area contributed by atoms with Crippen molar-refractivity contribution in [2.45, 2.75) is 95.4 Å². The first-order valence-electron chi connectivity index (χ1n) is 14.9. The van der Waals surface area contributed by atoms with Gasteiger partial charge in [0.15, 0.2) is 0 Å². The molecule has 1 unspecified atom stereocenters. The van der Waals surface area contributed by atoms with E-state index in [2.05, 4.69) is 28.6 Å². The van der Waals surface area contributed by atoms with Gasteiger partial charge in [-0.1, -0.05) is 44.1 Å². The van der Waals surface area contributed by atoms with E-state index in [1.807, 2.05) is 37.3 Å². The van der Waals surface area contributed by atoms with Crippen LogP contribution in [0.2, 0.25) is 0 Å². The number of benzene rings is 1. The summed E-state index contributed by atoms with van der Waals surface area (Å²) < 4.78 is 19.8. The van der Waals surface area contributed by atoms with Crippen LogP contribution in [0.3, 0.4) is 0 Å². The molecule has 2 aromatic rings.